The van der Waals surface area contributed by atoms with Crippen LogP contribution in [0.3, 0.4) is 0 Å². The van der Waals surface area contributed by atoms with Gasteiger partial charge in [-0.1, -0.05) is 45.8 Å². The Hall–Kier alpha value is -3.19. The molecule has 0 bridgehead atoms. The van der Waals surface area contributed by atoms with Crippen molar-refractivity contribution in [1.29, 1.82) is 0 Å². The van der Waals surface area contributed by atoms with Crippen LogP contribution in [0.2, 0.25) is 0 Å². The summed E-state index contributed by atoms with van der Waals surface area (Å²) in [6.45, 7) is 1.99. The first kappa shape index (κ1) is 18.6. The molecule has 0 radical (unpaired) electrons. The number of hydrogen-bond donors (Lipinski definition) is 2. The van der Waals surface area contributed by atoms with E-state index in [9.17, 15) is 9.59 Å². The van der Waals surface area contributed by atoms with Crippen molar-refractivity contribution >= 4 is 39.6 Å². The van der Waals surface area contributed by atoms with Gasteiger partial charge >= 0.3 is 0 Å². The van der Waals surface area contributed by atoms with Gasteiger partial charge in [0.05, 0.1) is 23.7 Å². The van der Waals surface area contributed by atoms with Crippen molar-refractivity contribution in [2.75, 3.05) is 5.32 Å². The number of hydrazone groups is 1. The predicted molar refractivity (Wildman–Crippen MR) is 107 cm³/mol. The fraction of sp³-hybridized carbons (Fsp3) is 0.0500. The van der Waals surface area contributed by atoms with E-state index in [1.165, 1.54) is 6.26 Å². The van der Waals surface area contributed by atoms with Gasteiger partial charge in [-0.15, -0.1) is 0 Å². The zero-order valence-corrected chi connectivity index (χ0v) is 16.0. The number of halogens is 1. The molecule has 0 saturated heterocycles. The third-order valence-electron chi connectivity index (χ3n) is 3.68. The second kappa shape index (κ2) is 8.46. The van der Waals surface area contributed by atoms with Crippen LogP contribution in [-0.4, -0.2) is 18.0 Å². The molecule has 0 aliphatic carbocycles. The predicted octanol–water partition coefficient (Wildman–Crippen LogP) is 4.37. The molecular formula is C20H16BrN3O3. The summed E-state index contributed by atoms with van der Waals surface area (Å²) in [4.78, 5) is 24.7. The highest BCUT2D eigenvalue weighted by molar-refractivity contribution is 9.10. The highest BCUT2D eigenvalue weighted by atomic mass is 79.9. The molecule has 0 unspecified atom stereocenters. The van der Waals surface area contributed by atoms with Gasteiger partial charge in [0, 0.05) is 4.47 Å². The number of aryl methyl sites for hydroxylation is 1. The maximum Gasteiger partial charge on any atom is 0.291 e. The van der Waals surface area contributed by atoms with E-state index in [2.05, 4.69) is 31.8 Å². The Morgan fingerprint density at radius 3 is 2.56 bits per heavy atom. The Morgan fingerprint density at radius 1 is 1.07 bits per heavy atom. The lowest BCUT2D eigenvalue weighted by Crippen LogP contribution is -2.21. The smallest absolute Gasteiger partial charge is 0.291 e. The fourth-order valence-corrected chi connectivity index (χ4v) is 2.64. The van der Waals surface area contributed by atoms with E-state index in [0.29, 0.717) is 10.2 Å². The van der Waals surface area contributed by atoms with Gasteiger partial charge in [0.25, 0.3) is 11.8 Å². The number of carbonyl (C=O) groups excluding carboxylic acids is 2. The van der Waals surface area contributed by atoms with E-state index in [1.54, 1.807) is 36.5 Å². The lowest BCUT2D eigenvalue weighted by molar-refractivity contribution is 0.0956. The summed E-state index contributed by atoms with van der Waals surface area (Å²) in [6.07, 6.45) is 2.96. The summed E-state index contributed by atoms with van der Waals surface area (Å²) < 4.78 is 5.77. The van der Waals surface area contributed by atoms with Gasteiger partial charge in [0.2, 0.25) is 0 Å². The minimum atomic E-state index is -0.450. The van der Waals surface area contributed by atoms with Crippen LogP contribution in [-0.2, 0) is 0 Å². The summed E-state index contributed by atoms with van der Waals surface area (Å²) in [5.41, 5.74) is 5.09. The van der Waals surface area contributed by atoms with Crippen LogP contribution < -0.4 is 10.7 Å². The highest BCUT2D eigenvalue weighted by Crippen LogP contribution is 2.22. The van der Waals surface area contributed by atoms with Crippen LogP contribution >= 0.6 is 15.9 Å². The van der Waals surface area contributed by atoms with Crippen LogP contribution in [0.5, 0.6) is 0 Å². The van der Waals surface area contributed by atoms with E-state index in [-0.39, 0.29) is 11.3 Å². The Balaban J connectivity index is 1.74. The number of furan rings is 1. The third kappa shape index (κ3) is 4.92. The zero-order valence-electron chi connectivity index (χ0n) is 14.4. The molecule has 3 rings (SSSR count). The Morgan fingerprint density at radius 2 is 1.85 bits per heavy atom. The average Bonchev–Trinajstić information content (AvgIpc) is 3.19. The largest absolute Gasteiger partial charge is 0.459 e. The highest BCUT2D eigenvalue weighted by Gasteiger charge is 2.16. The molecule has 6 nitrogen and oxygen atoms in total. The minimum absolute atomic E-state index is 0.154. The Labute approximate surface area is 164 Å². The summed E-state index contributed by atoms with van der Waals surface area (Å²) in [6, 6.07) is 15.8. The van der Waals surface area contributed by atoms with Crippen molar-refractivity contribution in [1.82, 2.24) is 5.43 Å². The maximum absolute atomic E-state index is 12.5. The number of hydrogen-bond acceptors (Lipinski definition) is 4. The van der Waals surface area contributed by atoms with Gasteiger partial charge in [-0.05, 0) is 42.8 Å². The van der Waals surface area contributed by atoms with Crippen molar-refractivity contribution in [2.24, 2.45) is 5.10 Å². The fourth-order valence-electron chi connectivity index (χ4n) is 2.28. The zero-order chi connectivity index (χ0) is 19.2. The first-order chi connectivity index (χ1) is 13.0. The van der Waals surface area contributed by atoms with Crippen molar-refractivity contribution in [2.45, 2.75) is 6.92 Å². The number of amides is 2. The molecule has 0 saturated carbocycles. The van der Waals surface area contributed by atoms with Gasteiger partial charge < -0.3 is 9.73 Å². The molecule has 136 valence electrons. The van der Waals surface area contributed by atoms with Gasteiger partial charge in [-0.2, -0.15) is 5.10 Å². The summed E-state index contributed by atoms with van der Waals surface area (Å²) in [7, 11) is 0. The van der Waals surface area contributed by atoms with E-state index in [4.69, 9.17) is 4.42 Å². The number of anilines is 1. The molecule has 3 aromatic rings. The Kier molecular flexibility index (Phi) is 5.83. The standard InChI is InChI=1S/C20H16BrN3O3/c1-13-4-6-14(7-5-13)12-22-24-19(25)16-11-15(21)8-9-17(16)23-20(26)18-3-2-10-27-18/h2-12H,1H3,(H,23,26)(H,24,25)/b22-12+. The molecule has 27 heavy (non-hydrogen) atoms. The molecule has 2 aromatic carbocycles. The first-order valence-corrected chi connectivity index (χ1v) is 8.87. The summed E-state index contributed by atoms with van der Waals surface area (Å²) in [5, 5.41) is 6.65. The number of nitrogens with zero attached hydrogens (tertiary/aromatic N) is 1. The van der Waals surface area contributed by atoms with Gasteiger partial charge in [0.1, 0.15) is 0 Å². The van der Waals surface area contributed by atoms with Crippen molar-refractivity contribution < 1.29 is 14.0 Å². The minimum Gasteiger partial charge on any atom is -0.459 e. The summed E-state index contributed by atoms with van der Waals surface area (Å²) >= 11 is 3.33. The van der Waals surface area contributed by atoms with E-state index >= 15 is 0 Å². The van der Waals surface area contributed by atoms with Crippen LogP contribution in [0.15, 0.2) is 74.9 Å². The molecule has 1 heterocycles. The lowest BCUT2D eigenvalue weighted by atomic mass is 10.1. The number of carbonyl (C=O) groups is 2. The monoisotopic (exact) mass is 425 g/mol. The van der Waals surface area contributed by atoms with Crippen LogP contribution in [0.1, 0.15) is 32.0 Å². The topological polar surface area (TPSA) is 83.7 Å². The Bertz CT molecular complexity index is 980. The second-order valence-electron chi connectivity index (χ2n) is 5.73. The second-order valence-corrected chi connectivity index (χ2v) is 6.65. The van der Waals surface area contributed by atoms with Crippen LogP contribution in [0.25, 0.3) is 0 Å². The quantitative estimate of drug-likeness (QED) is 0.470. The molecule has 2 amide bonds. The molecule has 0 aliphatic rings. The van der Waals surface area contributed by atoms with Crippen LogP contribution in [0, 0.1) is 6.92 Å². The van der Waals surface area contributed by atoms with Gasteiger partial charge in [-0.25, -0.2) is 5.43 Å². The molecule has 1 aromatic heterocycles. The van der Waals surface area contributed by atoms with Crippen LogP contribution in [0.4, 0.5) is 5.69 Å². The third-order valence-corrected chi connectivity index (χ3v) is 4.17. The van der Waals surface area contributed by atoms with Crippen molar-refractivity contribution in [3.63, 3.8) is 0 Å². The van der Waals surface area contributed by atoms with Crippen molar-refractivity contribution in [3.8, 4) is 0 Å². The number of rotatable bonds is 5. The lowest BCUT2D eigenvalue weighted by Gasteiger charge is -2.09. The molecular weight excluding hydrogens is 410 g/mol. The number of nitrogens with one attached hydrogen (secondary N) is 2. The molecule has 2 N–H and O–H groups in total. The normalized spacial score (nSPS) is 10.7. The summed E-state index contributed by atoms with van der Waals surface area (Å²) in [5.74, 6) is -0.740. The molecule has 0 atom stereocenters. The van der Waals surface area contributed by atoms with E-state index in [0.717, 1.165) is 11.1 Å². The van der Waals surface area contributed by atoms with Gasteiger partial charge in [0.15, 0.2) is 5.76 Å². The van der Waals surface area contributed by atoms with E-state index < -0.39 is 11.8 Å². The maximum atomic E-state index is 12.5. The SMILES string of the molecule is Cc1ccc(/C=N/NC(=O)c2cc(Br)ccc2NC(=O)c2ccco2)cc1. The molecule has 7 heteroatoms. The van der Waals surface area contributed by atoms with Crippen molar-refractivity contribution in [3.05, 3.63) is 87.8 Å². The van der Waals surface area contributed by atoms with Gasteiger partial charge in [-0.3, -0.25) is 9.59 Å². The van der Waals surface area contributed by atoms with E-state index in [1.807, 2.05) is 31.2 Å². The molecule has 0 aliphatic heterocycles. The first-order valence-electron chi connectivity index (χ1n) is 8.07. The average molecular weight is 426 g/mol. The molecule has 0 fully saturated rings. The molecule has 0 spiro atoms. The number of benzene rings is 2.